The van der Waals surface area contributed by atoms with Crippen molar-refractivity contribution in [2.75, 3.05) is 12.3 Å². The topological polar surface area (TPSA) is 29.1 Å². The molecule has 1 aromatic rings. The number of unbranched alkanes of at least 4 members (excludes halogenated alkanes) is 1. The van der Waals surface area contributed by atoms with E-state index in [1.165, 1.54) is 6.08 Å². The van der Waals surface area contributed by atoms with Gasteiger partial charge in [0.25, 0.3) is 0 Å². The predicted molar refractivity (Wildman–Crippen MR) is 80.2 cm³/mol. The zero-order valence-electron chi connectivity index (χ0n) is 11.7. The lowest BCUT2D eigenvalue weighted by Gasteiger charge is -2.05. The van der Waals surface area contributed by atoms with Crippen molar-refractivity contribution in [1.29, 1.82) is 0 Å². The molecule has 0 aliphatic carbocycles. The standard InChI is InChI=1S/C15H18F3NOS/c1-2-3-10-21-13-8-4-6-12(11-13)7-5-9-19-14(20)15(16,17)18/h4-8,11H,2-3,9-10H2,1H3,(H,19,20). The van der Waals surface area contributed by atoms with E-state index < -0.39 is 12.1 Å². The number of hydrogen-bond donors (Lipinski definition) is 1. The number of benzene rings is 1. The Labute approximate surface area is 126 Å². The molecule has 0 spiro atoms. The summed E-state index contributed by atoms with van der Waals surface area (Å²) in [5.74, 6) is -0.873. The van der Waals surface area contributed by atoms with Crippen LogP contribution in [0.3, 0.4) is 0 Å². The van der Waals surface area contributed by atoms with Crippen LogP contribution in [0.5, 0.6) is 0 Å². The highest BCUT2D eigenvalue weighted by atomic mass is 32.2. The van der Waals surface area contributed by atoms with E-state index in [1.54, 1.807) is 23.2 Å². The third-order valence-electron chi connectivity index (χ3n) is 2.57. The third kappa shape index (κ3) is 7.22. The molecule has 21 heavy (non-hydrogen) atoms. The summed E-state index contributed by atoms with van der Waals surface area (Å²) in [5, 5.41) is 1.79. The highest BCUT2D eigenvalue weighted by molar-refractivity contribution is 7.99. The van der Waals surface area contributed by atoms with E-state index in [0.29, 0.717) is 0 Å². The van der Waals surface area contributed by atoms with Crippen molar-refractivity contribution >= 4 is 23.7 Å². The van der Waals surface area contributed by atoms with Crippen LogP contribution in [-0.4, -0.2) is 24.4 Å². The number of carbonyl (C=O) groups excluding carboxylic acids is 1. The SMILES string of the molecule is CCCCSc1cccc(C=CCNC(=O)C(F)(F)F)c1. The number of rotatable bonds is 7. The molecule has 2 nitrogen and oxygen atoms in total. The smallest absolute Gasteiger partial charge is 0.345 e. The van der Waals surface area contributed by atoms with Crippen molar-refractivity contribution in [2.24, 2.45) is 0 Å². The molecular formula is C15H18F3NOS. The van der Waals surface area contributed by atoms with Gasteiger partial charge in [-0.15, -0.1) is 11.8 Å². The molecule has 6 heteroatoms. The second kappa shape index (κ2) is 8.77. The van der Waals surface area contributed by atoms with Gasteiger partial charge in [-0.05, 0) is 29.9 Å². The van der Waals surface area contributed by atoms with Crippen LogP contribution in [0.15, 0.2) is 35.2 Å². The number of carbonyl (C=O) groups is 1. The Kier molecular flexibility index (Phi) is 7.36. The Hall–Kier alpha value is -1.43. The van der Waals surface area contributed by atoms with Crippen molar-refractivity contribution in [3.8, 4) is 0 Å². The summed E-state index contributed by atoms with van der Waals surface area (Å²) in [5.41, 5.74) is 0.901. The Morgan fingerprint density at radius 1 is 1.38 bits per heavy atom. The first-order valence-corrected chi connectivity index (χ1v) is 7.66. The largest absolute Gasteiger partial charge is 0.471 e. The minimum Gasteiger partial charge on any atom is -0.345 e. The summed E-state index contributed by atoms with van der Waals surface area (Å²) >= 11 is 1.75. The van der Waals surface area contributed by atoms with Gasteiger partial charge in [0.15, 0.2) is 0 Å². The summed E-state index contributed by atoms with van der Waals surface area (Å²) in [6, 6.07) is 7.75. The van der Waals surface area contributed by atoms with Crippen LogP contribution in [0.4, 0.5) is 13.2 Å². The average Bonchev–Trinajstić information content (AvgIpc) is 2.43. The number of halogens is 3. The summed E-state index contributed by atoms with van der Waals surface area (Å²) in [7, 11) is 0. The molecule has 0 aromatic heterocycles. The third-order valence-corrected chi connectivity index (χ3v) is 3.65. The first kappa shape index (κ1) is 17.6. The number of alkyl halides is 3. The molecule has 116 valence electrons. The first-order chi connectivity index (χ1) is 9.93. The number of hydrogen-bond acceptors (Lipinski definition) is 2. The first-order valence-electron chi connectivity index (χ1n) is 6.68. The van der Waals surface area contributed by atoms with E-state index in [2.05, 4.69) is 6.92 Å². The molecule has 0 heterocycles. The van der Waals surface area contributed by atoms with Crippen LogP contribution in [0.25, 0.3) is 6.08 Å². The van der Waals surface area contributed by atoms with Crippen molar-refractivity contribution in [3.63, 3.8) is 0 Å². The molecule has 0 radical (unpaired) electrons. The molecule has 1 rings (SSSR count). The maximum Gasteiger partial charge on any atom is 0.471 e. The molecule has 0 aliphatic rings. The van der Waals surface area contributed by atoms with Crippen LogP contribution >= 0.6 is 11.8 Å². The highest BCUT2D eigenvalue weighted by Crippen LogP contribution is 2.21. The van der Waals surface area contributed by atoms with Crippen molar-refractivity contribution in [1.82, 2.24) is 5.32 Å². The second-order valence-electron chi connectivity index (χ2n) is 4.38. The van der Waals surface area contributed by atoms with Crippen LogP contribution < -0.4 is 5.32 Å². The monoisotopic (exact) mass is 317 g/mol. The molecule has 0 aliphatic heterocycles. The molecule has 0 bridgehead atoms. The van der Waals surface area contributed by atoms with Gasteiger partial charge in [0.05, 0.1) is 0 Å². The zero-order chi connectivity index (χ0) is 15.7. The summed E-state index contributed by atoms with van der Waals surface area (Å²) in [6.07, 6.45) is 0.656. The van der Waals surface area contributed by atoms with E-state index in [4.69, 9.17) is 0 Å². The molecule has 0 saturated carbocycles. The lowest BCUT2D eigenvalue weighted by Crippen LogP contribution is -2.36. The van der Waals surface area contributed by atoms with Gasteiger partial charge in [0.2, 0.25) is 0 Å². The Bertz CT molecular complexity index is 486. The van der Waals surface area contributed by atoms with Crippen LogP contribution in [0.1, 0.15) is 25.3 Å². The quantitative estimate of drug-likeness (QED) is 0.601. The van der Waals surface area contributed by atoms with Gasteiger partial charge in [-0.2, -0.15) is 13.2 Å². The number of thioether (sulfide) groups is 1. The van der Waals surface area contributed by atoms with Gasteiger partial charge in [-0.25, -0.2) is 0 Å². The van der Waals surface area contributed by atoms with E-state index in [-0.39, 0.29) is 6.54 Å². The van der Waals surface area contributed by atoms with Gasteiger partial charge in [-0.1, -0.05) is 37.6 Å². The Morgan fingerprint density at radius 2 is 2.14 bits per heavy atom. The summed E-state index contributed by atoms with van der Waals surface area (Å²) in [6.45, 7) is 1.99. The lowest BCUT2D eigenvalue weighted by molar-refractivity contribution is -0.173. The molecule has 1 aromatic carbocycles. The Morgan fingerprint density at radius 3 is 2.81 bits per heavy atom. The minimum atomic E-state index is -4.83. The average molecular weight is 317 g/mol. The summed E-state index contributed by atoms with van der Waals surface area (Å²) in [4.78, 5) is 11.7. The molecule has 0 fully saturated rings. The van der Waals surface area contributed by atoms with Gasteiger partial charge in [0.1, 0.15) is 0 Å². The number of nitrogens with one attached hydrogen (secondary N) is 1. The zero-order valence-corrected chi connectivity index (χ0v) is 12.6. The van der Waals surface area contributed by atoms with Crippen LogP contribution in [-0.2, 0) is 4.79 Å². The van der Waals surface area contributed by atoms with E-state index in [1.807, 2.05) is 24.3 Å². The highest BCUT2D eigenvalue weighted by Gasteiger charge is 2.37. The maximum atomic E-state index is 12.0. The van der Waals surface area contributed by atoms with Gasteiger partial charge < -0.3 is 5.32 Å². The molecule has 0 atom stereocenters. The van der Waals surface area contributed by atoms with Crippen LogP contribution in [0, 0.1) is 0 Å². The van der Waals surface area contributed by atoms with Crippen LogP contribution in [0.2, 0.25) is 0 Å². The van der Waals surface area contributed by atoms with E-state index in [0.717, 1.165) is 29.1 Å². The predicted octanol–water partition coefficient (Wildman–Crippen LogP) is 4.27. The van der Waals surface area contributed by atoms with Gasteiger partial charge >= 0.3 is 12.1 Å². The Balaban J connectivity index is 2.45. The van der Waals surface area contributed by atoms with Crippen molar-refractivity contribution in [2.45, 2.75) is 30.8 Å². The summed E-state index contributed by atoms with van der Waals surface area (Å²) < 4.78 is 35.9. The fraction of sp³-hybridized carbons (Fsp3) is 0.400. The normalized spacial score (nSPS) is 11.8. The molecule has 0 saturated heterocycles. The van der Waals surface area contributed by atoms with Gasteiger partial charge in [-0.3, -0.25) is 4.79 Å². The molecule has 0 unspecified atom stereocenters. The molecule has 1 N–H and O–H groups in total. The van der Waals surface area contributed by atoms with E-state index in [9.17, 15) is 18.0 Å². The van der Waals surface area contributed by atoms with Gasteiger partial charge in [0, 0.05) is 11.4 Å². The van der Waals surface area contributed by atoms with Crippen molar-refractivity contribution in [3.05, 3.63) is 35.9 Å². The number of amides is 1. The van der Waals surface area contributed by atoms with Crippen molar-refractivity contribution < 1.29 is 18.0 Å². The molecular weight excluding hydrogens is 299 g/mol. The second-order valence-corrected chi connectivity index (χ2v) is 5.55. The van der Waals surface area contributed by atoms with E-state index >= 15 is 0 Å². The molecule has 1 amide bonds. The fourth-order valence-electron chi connectivity index (χ4n) is 1.49. The lowest BCUT2D eigenvalue weighted by atomic mass is 10.2. The minimum absolute atomic E-state index is 0.147. The maximum absolute atomic E-state index is 12.0. The fourth-order valence-corrected chi connectivity index (χ4v) is 2.55.